The first-order valence-electron chi connectivity index (χ1n) is 4.23. The van der Waals surface area contributed by atoms with Crippen LogP contribution in [0.3, 0.4) is 0 Å². The van der Waals surface area contributed by atoms with Gasteiger partial charge in [-0.1, -0.05) is 0 Å². The molecule has 0 aromatic carbocycles. The lowest BCUT2D eigenvalue weighted by molar-refractivity contribution is 0.471. The van der Waals surface area contributed by atoms with Gasteiger partial charge in [0.1, 0.15) is 0 Å². The van der Waals surface area contributed by atoms with E-state index in [9.17, 15) is 12.5 Å². The van der Waals surface area contributed by atoms with Crippen molar-refractivity contribution in [2.45, 2.75) is 25.6 Å². The van der Waals surface area contributed by atoms with Crippen molar-refractivity contribution in [2.75, 3.05) is 19.8 Å². The largest absolute Gasteiger partial charge is 0.314 e. The maximum absolute atomic E-state index is 13.1. The molecule has 6 heteroatoms. The van der Waals surface area contributed by atoms with E-state index in [1.54, 1.807) is 13.1 Å². The van der Waals surface area contributed by atoms with Crippen molar-refractivity contribution in [3.8, 4) is 0 Å². The lowest BCUT2D eigenvalue weighted by Gasteiger charge is -2.15. The van der Waals surface area contributed by atoms with Crippen LogP contribution < -0.4 is 0 Å². The van der Waals surface area contributed by atoms with Gasteiger partial charge >= 0.3 is 0 Å². The van der Waals surface area contributed by atoms with Gasteiger partial charge in [-0.05, 0) is 25.6 Å². The summed E-state index contributed by atoms with van der Waals surface area (Å²) in [4.78, 5) is 0. The van der Waals surface area contributed by atoms with Crippen LogP contribution in [0.15, 0.2) is 0 Å². The number of nitrogens with zero attached hydrogens (tertiary/aromatic N) is 1. The van der Waals surface area contributed by atoms with Crippen LogP contribution >= 0.6 is 0 Å². The summed E-state index contributed by atoms with van der Waals surface area (Å²) in [6, 6.07) is 0.521. The number of hydrogen-bond acceptors (Lipinski definition) is 2. The van der Waals surface area contributed by atoms with Gasteiger partial charge in [0.25, 0.3) is 0 Å². The first-order valence-corrected chi connectivity index (χ1v) is 9.16. The molecule has 0 saturated carbocycles. The summed E-state index contributed by atoms with van der Waals surface area (Å²) in [5, 5.41) is 0. The van der Waals surface area contributed by atoms with Crippen molar-refractivity contribution in [3.05, 3.63) is 0 Å². The van der Waals surface area contributed by atoms with Crippen LogP contribution in [0.1, 0.15) is 6.42 Å². The molecular formula is C7H18FNO2SSi. The molecule has 0 heterocycles. The van der Waals surface area contributed by atoms with Crippen molar-refractivity contribution in [1.29, 1.82) is 0 Å². The summed E-state index contributed by atoms with van der Waals surface area (Å²) < 4.78 is 36.2. The molecule has 0 spiro atoms. The first-order chi connectivity index (χ1) is 5.63. The minimum atomic E-state index is -3.09. The van der Waals surface area contributed by atoms with E-state index in [4.69, 9.17) is 0 Å². The van der Waals surface area contributed by atoms with E-state index in [0.29, 0.717) is 19.0 Å². The molecule has 0 amide bonds. The Balaban J connectivity index is 3.80. The van der Waals surface area contributed by atoms with E-state index < -0.39 is 18.4 Å². The van der Waals surface area contributed by atoms with Gasteiger partial charge in [0.15, 0.2) is 0 Å². The summed E-state index contributed by atoms with van der Waals surface area (Å²) in [5.41, 5.74) is 0. The second kappa shape index (κ2) is 4.52. The fraction of sp³-hybridized carbons (Fsp3) is 1.00. The van der Waals surface area contributed by atoms with Crippen molar-refractivity contribution in [3.63, 3.8) is 0 Å². The Morgan fingerprint density at radius 3 is 2.15 bits per heavy atom. The van der Waals surface area contributed by atoms with Gasteiger partial charge in [-0.25, -0.2) is 12.7 Å². The van der Waals surface area contributed by atoms with E-state index in [0.717, 1.165) is 6.26 Å². The predicted molar refractivity (Wildman–Crippen MR) is 55.5 cm³/mol. The molecule has 0 bridgehead atoms. The summed E-state index contributed by atoms with van der Waals surface area (Å²) in [6.07, 6.45) is 1.77. The maximum atomic E-state index is 13.1. The van der Waals surface area contributed by atoms with Gasteiger partial charge in [0.2, 0.25) is 18.4 Å². The highest BCUT2D eigenvalue weighted by atomic mass is 32.2. The van der Waals surface area contributed by atoms with Crippen molar-refractivity contribution >= 4 is 18.4 Å². The number of rotatable bonds is 5. The highest BCUT2D eigenvalue weighted by Crippen LogP contribution is 2.13. The Hall–Kier alpha value is 0.0569. The Bertz CT molecular complexity index is 248. The molecule has 0 aromatic rings. The van der Waals surface area contributed by atoms with E-state index in [1.165, 1.54) is 11.4 Å². The number of hydrogen-bond donors (Lipinski definition) is 0. The normalized spacial score (nSPS) is 13.7. The van der Waals surface area contributed by atoms with E-state index in [1.807, 2.05) is 0 Å². The molecule has 0 aliphatic carbocycles. The number of sulfonamides is 1. The zero-order chi connectivity index (χ0) is 10.7. The SMILES string of the molecule is CN(CCC[Si](C)(C)F)S(C)(=O)=O. The summed E-state index contributed by atoms with van der Waals surface area (Å²) in [7, 11) is -4.08. The fourth-order valence-electron chi connectivity index (χ4n) is 0.888. The molecule has 3 nitrogen and oxygen atoms in total. The fourth-order valence-corrected chi connectivity index (χ4v) is 2.35. The van der Waals surface area contributed by atoms with Gasteiger partial charge in [0.05, 0.1) is 6.26 Å². The monoisotopic (exact) mass is 227 g/mol. The van der Waals surface area contributed by atoms with Gasteiger partial charge in [-0.2, -0.15) is 0 Å². The predicted octanol–water partition coefficient (Wildman–Crippen LogP) is 1.44. The zero-order valence-electron chi connectivity index (χ0n) is 8.67. The van der Waals surface area contributed by atoms with E-state index >= 15 is 0 Å². The van der Waals surface area contributed by atoms with Gasteiger partial charge in [-0.15, -0.1) is 0 Å². The average Bonchev–Trinajstić information content (AvgIpc) is 1.82. The Morgan fingerprint density at radius 2 is 1.85 bits per heavy atom. The molecule has 0 aliphatic rings. The van der Waals surface area contributed by atoms with Crippen LogP contribution in [-0.4, -0.2) is 41.0 Å². The first kappa shape index (κ1) is 13.1. The molecule has 0 radical (unpaired) electrons. The third-order valence-electron chi connectivity index (χ3n) is 1.81. The molecule has 13 heavy (non-hydrogen) atoms. The van der Waals surface area contributed by atoms with Crippen molar-refractivity contribution in [1.82, 2.24) is 4.31 Å². The highest BCUT2D eigenvalue weighted by Gasteiger charge is 2.20. The molecule has 0 fully saturated rings. The molecule has 0 aliphatic heterocycles. The second-order valence-electron chi connectivity index (χ2n) is 3.91. The van der Waals surface area contributed by atoms with Crippen LogP contribution in [0.2, 0.25) is 19.1 Å². The smallest absolute Gasteiger partial charge is 0.241 e. The Labute approximate surface area is 81.2 Å². The lowest BCUT2D eigenvalue weighted by atomic mass is 10.5. The summed E-state index contributed by atoms with van der Waals surface area (Å²) in [5.74, 6) is 0. The molecule has 80 valence electrons. The number of halogens is 1. The Morgan fingerprint density at radius 1 is 1.38 bits per heavy atom. The highest BCUT2D eigenvalue weighted by molar-refractivity contribution is 7.88. The Kier molecular flexibility index (Phi) is 4.54. The van der Waals surface area contributed by atoms with Gasteiger partial charge in [0, 0.05) is 13.6 Å². The molecule has 0 rings (SSSR count). The van der Waals surface area contributed by atoms with Crippen LogP contribution in [0.4, 0.5) is 4.11 Å². The molecule has 0 saturated heterocycles. The van der Waals surface area contributed by atoms with Crippen LogP contribution in [0.25, 0.3) is 0 Å². The van der Waals surface area contributed by atoms with E-state index in [2.05, 4.69) is 0 Å². The summed E-state index contributed by atoms with van der Waals surface area (Å²) >= 11 is 0. The lowest BCUT2D eigenvalue weighted by Crippen LogP contribution is -2.28. The maximum Gasteiger partial charge on any atom is 0.241 e. The van der Waals surface area contributed by atoms with Gasteiger partial charge in [-0.3, -0.25) is 0 Å². The molecule has 0 unspecified atom stereocenters. The molecule has 0 atom stereocenters. The van der Waals surface area contributed by atoms with Crippen LogP contribution in [0.5, 0.6) is 0 Å². The summed E-state index contributed by atoms with van der Waals surface area (Å²) in [6.45, 7) is 3.68. The second-order valence-corrected chi connectivity index (χ2v) is 9.93. The van der Waals surface area contributed by atoms with Crippen LogP contribution in [-0.2, 0) is 10.0 Å². The third-order valence-corrected chi connectivity index (χ3v) is 4.67. The van der Waals surface area contributed by atoms with Crippen LogP contribution in [0, 0.1) is 0 Å². The minimum absolute atomic E-state index is 0.416. The standard InChI is InChI=1S/C7H18FNO2SSi/c1-9(12(2,10)11)6-5-7-13(3,4)8/h5-7H2,1-4H3. The molecular weight excluding hydrogens is 209 g/mol. The zero-order valence-corrected chi connectivity index (χ0v) is 10.5. The van der Waals surface area contributed by atoms with E-state index in [-0.39, 0.29) is 0 Å². The molecule has 0 N–H and O–H groups in total. The minimum Gasteiger partial charge on any atom is -0.314 e. The third kappa shape index (κ3) is 7.15. The van der Waals surface area contributed by atoms with Crippen molar-refractivity contribution < 1.29 is 12.5 Å². The van der Waals surface area contributed by atoms with Crippen molar-refractivity contribution in [2.24, 2.45) is 0 Å². The average molecular weight is 227 g/mol. The topological polar surface area (TPSA) is 37.4 Å². The van der Waals surface area contributed by atoms with Gasteiger partial charge < -0.3 is 4.11 Å². The molecule has 0 aromatic heterocycles. The quantitative estimate of drug-likeness (QED) is 0.526.